The third-order valence-electron chi connectivity index (χ3n) is 3.31. The highest BCUT2D eigenvalue weighted by Gasteiger charge is 2.27. The summed E-state index contributed by atoms with van der Waals surface area (Å²) in [6, 6.07) is 0.216. The number of ether oxygens (including phenoxy) is 1. The first kappa shape index (κ1) is 11.4. The Balaban J connectivity index is 1.90. The van der Waals surface area contributed by atoms with Crippen LogP contribution in [0.1, 0.15) is 0 Å². The van der Waals surface area contributed by atoms with Gasteiger partial charge in [-0.3, -0.25) is 4.68 Å². The molecule has 0 bridgehead atoms. The van der Waals surface area contributed by atoms with Crippen molar-refractivity contribution in [2.24, 2.45) is 7.05 Å². The van der Waals surface area contributed by atoms with Crippen LogP contribution in [0.15, 0.2) is 12.5 Å². The smallest absolute Gasteiger partial charge is 0.163 e. The third-order valence-corrected chi connectivity index (χ3v) is 3.31. The second kappa shape index (κ2) is 4.51. The number of rotatable bonds is 3. The van der Waals surface area contributed by atoms with Crippen molar-refractivity contribution in [3.8, 4) is 0 Å². The summed E-state index contributed by atoms with van der Waals surface area (Å²) < 4.78 is 7.16. The minimum absolute atomic E-state index is 0.159. The summed E-state index contributed by atoms with van der Waals surface area (Å²) in [5.41, 5.74) is 0.826. The zero-order chi connectivity index (χ0) is 12.5. The molecule has 3 heterocycles. The van der Waals surface area contributed by atoms with Gasteiger partial charge in [-0.15, -0.1) is 0 Å². The zero-order valence-electron chi connectivity index (χ0n) is 10.4. The van der Waals surface area contributed by atoms with Crippen LogP contribution in [-0.2, 0) is 11.8 Å². The average molecular weight is 248 g/mol. The van der Waals surface area contributed by atoms with Gasteiger partial charge < -0.3 is 15.4 Å². The molecule has 0 aliphatic carbocycles. The van der Waals surface area contributed by atoms with Crippen molar-refractivity contribution in [1.82, 2.24) is 25.1 Å². The lowest BCUT2D eigenvalue weighted by Crippen LogP contribution is -2.33. The minimum atomic E-state index is 0.159. The molecule has 0 aromatic carbocycles. The van der Waals surface area contributed by atoms with E-state index in [9.17, 15) is 0 Å². The molecule has 1 unspecified atom stereocenters. The van der Waals surface area contributed by atoms with Gasteiger partial charge in [0.15, 0.2) is 5.65 Å². The predicted molar refractivity (Wildman–Crippen MR) is 67.4 cm³/mol. The summed E-state index contributed by atoms with van der Waals surface area (Å²) in [6.07, 6.45) is 3.49. The van der Waals surface area contributed by atoms with Crippen molar-refractivity contribution in [3.05, 3.63) is 12.5 Å². The second-order valence-electron chi connectivity index (χ2n) is 4.41. The van der Waals surface area contributed by atoms with Gasteiger partial charge >= 0.3 is 0 Å². The van der Waals surface area contributed by atoms with Gasteiger partial charge in [0.25, 0.3) is 0 Å². The summed E-state index contributed by atoms with van der Waals surface area (Å²) in [4.78, 5) is 8.51. The lowest BCUT2D eigenvalue weighted by Gasteiger charge is -2.19. The molecule has 7 heteroatoms. The molecule has 1 saturated heterocycles. The van der Waals surface area contributed by atoms with Crippen LogP contribution < -0.4 is 10.6 Å². The van der Waals surface area contributed by atoms with Gasteiger partial charge in [-0.25, -0.2) is 9.97 Å². The molecule has 2 aromatic heterocycles. The van der Waals surface area contributed by atoms with Gasteiger partial charge in [0.2, 0.25) is 0 Å². The number of fused-ring (bicyclic) bond motifs is 1. The number of anilines is 1. The van der Waals surface area contributed by atoms with Gasteiger partial charge in [-0.1, -0.05) is 0 Å². The maximum Gasteiger partial charge on any atom is 0.163 e. The number of aromatic nitrogens is 4. The Kier molecular flexibility index (Phi) is 2.85. The van der Waals surface area contributed by atoms with E-state index < -0.39 is 0 Å². The van der Waals surface area contributed by atoms with E-state index in [4.69, 9.17) is 4.74 Å². The molecular weight excluding hydrogens is 232 g/mol. The van der Waals surface area contributed by atoms with Crippen LogP contribution in [0.3, 0.4) is 0 Å². The van der Waals surface area contributed by atoms with Gasteiger partial charge in [0, 0.05) is 27.2 Å². The molecule has 3 rings (SSSR count). The molecule has 0 radical (unpaired) electrons. The van der Waals surface area contributed by atoms with Crippen LogP contribution in [0.5, 0.6) is 0 Å². The molecule has 0 saturated carbocycles. The highest BCUT2D eigenvalue weighted by atomic mass is 16.5. The number of nitrogens with one attached hydrogen (secondary N) is 2. The van der Waals surface area contributed by atoms with Crippen LogP contribution in [0, 0.1) is 0 Å². The topological polar surface area (TPSA) is 76.9 Å². The quantitative estimate of drug-likeness (QED) is 0.781. The van der Waals surface area contributed by atoms with E-state index in [2.05, 4.69) is 25.7 Å². The van der Waals surface area contributed by atoms with Crippen molar-refractivity contribution in [2.45, 2.75) is 12.1 Å². The molecule has 18 heavy (non-hydrogen) atoms. The summed E-state index contributed by atoms with van der Waals surface area (Å²) in [5, 5.41) is 11.8. The molecule has 7 nitrogen and oxygen atoms in total. The molecule has 2 atom stereocenters. The Morgan fingerprint density at radius 2 is 2.33 bits per heavy atom. The van der Waals surface area contributed by atoms with E-state index >= 15 is 0 Å². The molecule has 1 aliphatic heterocycles. The Bertz CT molecular complexity index is 553. The van der Waals surface area contributed by atoms with E-state index in [0.717, 1.165) is 29.9 Å². The van der Waals surface area contributed by atoms with Crippen molar-refractivity contribution in [2.75, 3.05) is 25.5 Å². The van der Waals surface area contributed by atoms with Crippen LogP contribution >= 0.6 is 0 Å². The summed E-state index contributed by atoms with van der Waals surface area (Å²) in [7, 11) is 3.60. The first-order valence-electron chi connectivity index (χ1n) is 5.92. The normalized spacial score (nSPS) is 23.7. The molecule has 1 aliphatic rings. The minimum Gasteiger partial charge on any atom is -0.378 e. The average Bonchev–Trinajstić information content (AvgIpc) is 2.98. The second-order valence-corrected chi connectivity index (χ2v) is 4.41. The third kappa shape index (κ3) is 1.81. The largest absolute Gasteiger partial charge is 0.378 e. The van der Waals surface area contributed by atoms with Gasteiger partial charge in [0.05, 0.1) is 23.7 Å². The molecular formula is C11H16N6O. The van der Waals surface area contributed by atoms with E-state index in [1.54, 1.807) is 24.3 Å². The summed E-state index contributed by atoms with van der Waals surface area (Å²) >= 11 is 0. The van der Waals surface area contributed by atoms with Gasteiger partial charge in [-0.05, 0) is 0 Å². The summed E-state index contributed by atoms with van der Waals surface area (Å²) in [5.74, 6) is 0.809. The van der Waals surface area contributed by atoms with Crippen LogP contribution in [-0.4, -0.2) is 52.1 Å². The maximum atomic E-state index is 5.42. The molecule has 0 spiro atoms. The van der Waals surface area contributed by atoms with E-state index in [0.29, 0.717) is 0 Å². The predicted octanol–water partition coefficient (Wildman–Crippen LogP) is -0.238. The standard InChI is InChI=1S/C11H16N6O/c1-17-11-7(3-15-17)10(13-6-14-11)16-8-4-12-5-9(8)18-2/h3,6,8-9,12H,4-5H2,1-2H3,(H,13,14,16)/t8?,9-/m0/s1. The zero-order valence-corrected chi connectivity index (χ0v) is 10.4. The molecule has 0 amide bonds. The van der Waals surface area contributed by atoms with Crippen LogP contribution in [0.25, 0.3) is 11.0 Å². The maximum absolute atomic E-state index is 5.42. The van der Waals surface area contributed by atoms with Crippen molar-refractivity contribution < 1.29 is 4.74 Å². The lowest BCUT2D eigenvalue weighted by atomic mass is 10.2. The van der Waals surface area contributed by atoms with E-state index in [-0.39, 0.29) is 12.1 Å². The van der Waals surface area contributed by atoms with Crippen molar-refractivity contribution in [3.63, 3.8) is 0 Å². The van der Waals surface area contributed by atoms with Gasteiger partial charge in [-0.2, -0.15) is 5.10 Å². The van der Waals surface area contributed by atoms with E-state index in [1.165, 1.54) is 0 Å². The fraction of sp³-hybridized carbons (Fsp3) is 0.545. The highest BCUT2D eigenvalue weighted by molar-refractivity contribution is 5.86. The number of nitrogens with zero attached hydrogens (tertiary/aromatic N) is 4. The molecule has 1 fully saturated rings. The molecule has 2 aromatic rings. The Hall–Kier alpha value is -1.73. The Morgan fingerprint density at radius 1 is 1.44 bits per heavy atom. The lowest BCUT2D eigenvalue weighted by molar-refractivity contribution is 0.111. The first-order chi connectivity index (χ1) is 8.79. The highest BCUT2D eigenvalue weighted by Crippen LogP contribution is 2.20. The fourth-order valence-electron chi connectivity index (χ4n) is 2.30. The number of aryl methyl sites for hydroxylation is 1. The fourth-order valence-corrected chi connectivity index (χ4v) is 2.30. The molecule has 2 N–H and O–H groups in total. The summed E-state index contributed by atoms with van der Waals surface area (Å²) in [6.45, 7) is 1.72. The monoisotopic (exact) mass is 248 g/mol. The Labute approximate surface area is 105 Å². The first-order valence-corrected chi connectivity index (χ1v) is 5.92. The van der Waals surface area contributed by atoms with Crippen molar-refractivity contribution in [1.29, 1.82) is 0 Å². The Morgan fingerprint density at radius 3 is 3.17 bits per heavy atom. The van der Waals surface area contributed by atoms with Gasteiger partial charge in [0.1, 0.15) is 12.1 Å². The van der Waals surface area contributed by atoms with Crippen LogP contribution in [0.4, 0.5) is 5.82 Å². The SMILES string of the molecule is CO[C@H]1CNCC1Nc1ncnc2c1cnn2C. The van der Waals surface area contributed by atoms with E-state index in [1.807, 2.05) is 7.05 Å². The number of hydrogen-bond acceptors (Lipinski definition) is 6. The van der Waals surface area contributed by atoms with Crippen molar-refractivity contribution >= 4 is 16.9 Å². The molecule has 96 valence electrons. The number of hydrogen-bond donors (Lipinski definition) is 2. The number of methoxy groups -OCH3 is 1. The van der Waals surface area contributed by atoms with Crippen LogP contribution in [0.2, 0.25) is 0 Å².